The second kappa shape index (κ2) is 6.00. The third-order valence-electron chi connectivity index (χ3n) is 3.97. The summed E-state index contributed by atoms with van der Waals surface area (Å²) in [6.07, 6.45) is 6.86. The van der Waals surface area contributed by atoms with Crippen LogP contribution in [0.15, 0.2) is 18.5 Å². The van der Waals surface area contributed by atoms with Crippen LogP contribution >= 0.6 is 0 Å². The summed E-state index contributed by atoms with van der Waals surface area (Å²) in [5.41, 5.74) is 0.827. The topological polar surface area (TPSA) is 43.3 Å². The van der Waals surface area contributed by atoms with E-state index >= 15 is 0 Å². The Morgan fingerprint density at radius 2 is 2.25 bits per heavy atom. The molecule has 112 valence electrons. The van der Waals surface area contributed by atoms with Gasteiger partial charge in [0.2, 0.25) is 0 Å². The molecule has 2 rings (SSSR count). The van der Waals surface area contributed by atoms with Crippen molar-refractivity contribution in [2.45, 2.75) is 46.2 Å². The molecule has 1 N–H and O–H groups in total. The molecule has 0 amide bonds. The number of esters is 1. The number of carbonyl (C=O) groups is 1. The number of methoxy groups -OCH3 is 1. The van der Waals surface area contributed by atoms with E-state index in [0.29, 0.717) is 12.6 Å². The van der Waals surface area contributed by atoms with Crippen molar-refractivity contribution in [3.05, 3.63) is 24.0 Å². The summed E-state index contributed by atoms with van der Waals surface area (Å²) in [5.74, 6) is 0.609. The lowest BCUT2D eigenvalue weighted by molar-refractivity contribution is -0.151. The summed E-state index contributed by atoms with van der Waals surface area (Å²) < 4.78 is 6.96. The Bertz CT molecular complexity index is 461. The molecule has 4 nitrogen and oxygen atoms in total. The standard InChI is InChI=1S/C16H26N2O2/c1-5-17-14(12-6-7-12)13-8-9-18(10-13)11-16(2,3)15(19)20-4/h8-10,12,14,17H,5-7,11H2,1-4H3. The first-order valence-electron chi connectivity index (χ1n) is 7.45. The predicted octanol–water partition coefficient (Wildman–Crippen LogP) is 2.75. The highest BCUT2D eigenvalue weighted by Crippen LogP contribution is 2.41. The van der Waals surface area contributed by atoms with Gasteiger partial charge in [-0.25, -0.2) is 0 Å². The molecule has 1 aliphatic rings. The molecule has 1 aliphatic carbocycles. The molecule has 1 fully saturated rings. The van der Waals surface area contributed by atoms with E-state index in [0.717, 1.165) is 12.5 Å². The van der Waals surface area contributed by atoms with Crippen LogP contribution in [0, 0.1) is 11.3 Å². The number of hydrogen-bond acceptors (Lipinski definition) is 3. The van der Waals surface area contributed by atoms with Gasteiger partial charge in [0.1, 0.15) is 0 Å². The Labute approximate surface area is 121 Å². The fourth-order valence-electron chi connectivity index (χ4n) is 2.75. The average Bonchev–Trinajstić information content (AvgIpc) is 3.15. The molecule has 1 aromatic heterocycles. The molecule has 1 aromatic rings. The highest BCUT2D eigenvalue weighted by atomic mass is 16.5. The lowest BCUT2D eigenvalue weighted by atomic mass is 9.94. The number of nitrogens with zero attached hydrogens (tertiary/aromatic N) is 1. The van der Waals surface area contributed by atoms with Crippen LogP contribution in [0.3, 0.4) is 0 Å². The summed E-state index contributed by atoms with van der Waals surface area (Å²) in [5, 5.41) is 3.57. The maximum absolute atomic E-state index is 11.8. The van der Waals surface area contributed by atoms with E-state index in [4.69, 9.17) is 4.74 Å². The Morgan fingerprint density at radius 3 is 2.80 bits per heavy atom. The van der Waals surface area contributed by atoms with Gasteiger partial charge in [-0.05, 0) is 50.8 Å². The lowest BCUT2D eigenvalue weighted by Gasteiger charge is -2.22. The van der Waals surface area contributed by atoms with Gasteiger partial charge in [-0.3, -0.25) is 4.79 Å². The average molecular weight is 278 g/mol. The number of carbonyl (C=O) groups excluding carboxylic acids is 1. The van der Waals surface area contributed by atoms with E-state index in [-0.39, 0.29) is 5.97 Å². The molecule has 0 aliphatic heterocycles. The number of hydrogen-bond donors (Lipinski definition) is 1. The summed E-state index contributed by atoms with van der Waals surface area (Å²) in [4.78, 5) is 11.8. The molecule has 0 radical (unpaired) electrons. The van der Waals surface area contributed by atoms with Gasteiger partial charge in [0, 0.05) is 25.0 Å². The minimum atomic E-state index is -0.502. The van der Waals surface area contributed by atoms with Gasteiger partial charge in [-0.1, -0.05) is 6.92 Å². The molecular weight excluding hydrogens is 252 g/mol. The zero-order valence-corrected chi connectivity index (χ0v) is 13.0. The molecule has 0 spiro atoms. The molecule has 4 heteroatoms. The summed E-state index contributed by atoms with van der Waals surface area (Å²) in [6.45, 7) is 7.61. The predicted molar refractivity (Wildman–Crippen MR) is 79.4 cm³/mol. The maximum Gasteiger partial charge on any atom is 0.313 e. The van der Waals surface area contributed by atoms with Crippen LogP contribution in [-0.2, 0) is 16.1 Å². The van der Waals surface area contributed by atoms with E-state index in [1.807, 2.05) is 13.8 Å². The van der Waals surface area contributed by atoms with Gasteiger partial charge in [0.15, 0.2) is 0 Å². The monoisotopic (exact) mass is 278 g/mol. The summed E-state index contributed by atoms with van der Waals surface area (Å²) >= 11 is 0. The first-order chi connectivity index (χ1) is 9.47. The molecular formula is C16H26N2O2. The maximum atomic E-state index is 11.8. The quantitative estimate of drug-likeness (QED) is 0.780. The summed E-state index contributed by atoms with van der Waals surface area (Å²) in [6, 6.07) is 2.63. The van der Waals surface area contributed by atoms with Crippen molar-refractivity contribution < 1.29 is 9.53 Å². The molecule has 1 heterocycles. The van der Waals surface area contributed by atoms with Crippen LogP contribution in [0.4, 0.5) is 0 Å². The normalized spacial score (nSPS) is 17.0. The van der Waals surface area contributed by atoms with Crippen LogP contribution in [0.2, 0.25) is 0 Å². The number of ether oxygens (including phenoxy) is 1. The largest absolute Gasteiger partial charge is 0.469 e. The van der Waals surface area contributed by atoms with E-state index < -0.39 is 5.41 Å². The van der Waals surface area contributed by atoms with Crippen LogP contribution in [-0.4, -0.2) is 24.2 Å². The van der Waals surface area contributed by atoms with E-state index in [2.05, 4.69) is 35.3 Å². The van der Waals surface area contributed by atoms with Crippen molar-refractivity contribution in [1.82, 2.24) is 9.88 Å². The van der Waals surface area contributed by atoms with Gasteiger partial charge in [0.25, 0.3) is 0 Å². The number of aromatic nitrogens is 1. The highest BCUT2D eigenvalue weighted by molar-refractivity contribution is 5.75. The van der Waals surface area contributed by atoms with Crippen LogP contribution in [0.25, 0.3) is 0 Å². The first kappa shape index (κ1) is 15.1. The van der Waals surface area contributed by atoms with E-state index in [1.54, 1.807) is 0 Å². The molecule has 0 bridgehead atoms. The minimum Gasteiger partial charge on any atom is -0.469 e. The lowest BCUT2D eigenvalue weighted by Crippen LogP contribution is -2.30. The molecule has 1 atom stereocenters. The van der Waals surface area contributed by atoms with Crippen molar-refractivity contribution in [2.24, 2.45) is 11.3 Å². The fourth-order valence-corrected chi connectivity index (χ4v) is 2.75. The van der Waals surface area contributed by atoms with Gasteiger partial charge in [-0.15, -0.1) is 0 Å². The van der Waals surface area contributed by atoms with Crippen molar-refractivity contribution >= 4 is 5.97 Å². The molecule has 20 heavy (non-hydrogen) atoms. The molecule has 0 saturated heterocycles. The van der Waals surface area contributed by atoms with Gasteiger partial charge in [0.05, 0.1) is 12.5 Å². The van der Waals surface area contributed by atoms with Crippen LogP contribution < -0.4 is 5.32 Å². The zero-order chi connectivity index (χ0) is 14.8. The minimum absolute atomic E-state index is 0.168. The Balaban J connectivity index is 2.06. The molecule has 1 unspecified atom stereocenters. The van der Waals surface area contributed by atoms with Gasteiger partial charge in [-0.2, -0.15) is 0 Å². The summed E-state index contributed by atoms with van der Waals surface area (Å²) in [7, 11) is 1.44. The van der Waals surface area contributed by atoms with Gasteiger partial charge < -0.3 is 14.6 Å². The number of nitrogens with one attached hydrogen (secondary N) is 1. The van der Waals surface area contributed by atoms with E-state index in [1.165, 1.54) is 25.5 Å². The molecule has 1 saturated carbocycles. The Kier molecular flexibility index (Phi) is 4.53. The second-order valence-corrected chi connectivity index (χ2v) is 6.37. The van der Waals surface area contributed by atoms with Crippen molar-refractivity contribution in [3.8, 4) is 0 Å². The number of rotatable bonds is 7. The highest BCUT2D eigenvalue weighted by Gasteiger charge is 2.33. The SMILES string of the molecule is CCNC(c1ccn(CC(C)(C)C(=O)OC)c1)C1CC1. The first-order valence-corrected chi connectivity index (χ1v) is 7.45. The van der Waals surface area contributed by atoms with Crippen molar-refractivity contribution in [2.75, 3.05) is 13.7 Å². The van der Waals surface area contributed by atoms with Crippen molar-refractivity contribution in [3.63, 3.8) is 0 Å². The van der Waals surface area contributed by atoms with Gasteiger partial charge >= 0.3 is 5.97 Å². The fraction of sp³-hybridized carbons (Fsp3) is 0.688. The van der Waals surface area contributed by atoms with Crippen LogP contribution in [0.5, 0.6) is 0 Å². The Morgan fingerprint density at radius 1 is 1.55 bits per heavy atom. The van der Waals surface area contributed by atoms with E-state index in [9.17, 15) is 4.79 Å². The molecule has 0 aromatic carbocycles. The third-order valence-corrected chi connectivity index (χ3v) is 3.97. The third kappa shape index (κ3) is 3.42. The second-order valence-electron chi connectivity index (χ2n) is 6.37. The smallest absolute Gasteiger partial charge is 0.313 e. The zero-order valence-electron chi connectivity index (χ0n) is 13.0. The van der Waals surface area contributed by atoms with Crippen LogP contribution in [0.1, 0.15) is 45.2 Å². The Hall–Kier alpha value is -1.29. The van der Waals surface area contributed by atoms with Crippen molar-refractivity contribution in [1.29, 1.82) is 0 Å².